The lowest BCUT2D eigenvalue weighted by molar-refractivity contribution is 0.626. The first-order chi connectivity index (χ1) is 5.41. The highest BCUT2D eigenvalue weighted by Crippen LogP contribution is 2.13. The molecule has 1 unspecified atom stereocenters. The summed E-state index contributed by atoms with van der Waals surface area (Å²) < 4.78 is 0. The second kappa shape index (κ2) is 14.4. The quantitative estimate of drug-likeness (QED) is 0.438. The van der Waals surface area contributed by atoms with E-state index in [-0.39, 0.29) is 17.0 Å². The molecular weight excluding hydrogens is 231 g/mol. The van der Waals surface area contributed by atoms with Gasteiger partial charge in [-0.3, -0.25) is 0 Å². The summed E-state index contributed by atoms with van der Waals surface area (Å²) in [6.45, 7) is 4.56. The standard InChI is InChI=1S/C10H23P.BrH/c1-3-5-6-7-8-9-10-11-4-2;/h11H,3-10H2,1-2H3;1H. The predicted octanol–water partition coefficient (Wildman–Crippen LogP) is 4.62. The highest BCUT2D eigenvalue weighted by Gasteiger charge is 1.88. The smallest absolute Gasteiger partial charge is 0.0354 e. The van der Waals surface area contributed by atoms with Gasteiger partial charge in [-0.25, -0.2) is 0 Å². The van der Waals surface area contributed by atoms with E-state index in [9.17, 15) is 0 Å². The summed E-state index contributed by atoms with van der Waals surface area (Å²) in [6, 6.07) is 0. The van der Waals surface area contributed by atoms with Crippen molar-refractivity contribution in [1.29, 1.82) is 0 Å². The van der Waals surface area contributed by atoms with Crippen molar-refractivity contribution in [1.82, 2.24) is 0 Å². The monoisotopic (exact) mass is 254 g/mol. The molecule has 0 aliphatic carbocycles. The van der Waals surface area contributed by atoms with Crippen LogP contribution in [0.1, 0.15) is 52.4 Å². The van der Waals surface area contributed by atoms with Gasteiger partial charge in [-0.15, -0.1) is 25.6 Å². The van der Waals surface area contributed by atoms with E-state index in [2.05, 4.69) is 13.8 Å². The zero-order chi connectivity index (χ0) is 8.36. The summed E-state index contributed by atoms with van der Waals surface area (Å²) in [7, 11) is 1.23. The summed E-state index contributed by atoms with van der Waals surface area (Å²) in [5.74, 6) is 0. The van der Waals surface area contributed by atoms with E-state index in [1.165, 1.54) is 59.4 Å². The first kappa shape index (κ1) is 15.4. The number of halogens is 1. The van der Waals surface area contributed by atoms with Crippen molar-refractivity contribution in [2.45, 2.75) is 52.4 Å². The van der Waals surface area contributed by atoms with Crippen LogP contribution in [0, 0.1) is 0 Å². The molecule has 0 spiro atoms. The van der Waals surface area contributed by atoms with Gasteiger partial charge in [0.25, 0.3) is 0 Å². The number of rotatable bonds is 8. The van der Waals surface area contributed by atoms with Crippen LogP contribution in [0.2, 0.25) is 0 Å². The van der Waals surface area contributed by atoms with Crippen LogP contribution in [0.25, 0.3) is 0 Å². The highest BCUT2D eigenvalue weighted by molar-refractivity contribution is 8.93. The van der Waals surface area contributed by atoms with Crippen molar-refractivity contribution in [3.05, 3.63) is 0 Å². The summed E-state index contributed by atoms with van der Waals surface area (Å²) in [6.07, 6.45) is 11.6. The molecule has 0 bridgehead atoms. The fourth-order valence-electron chi connectivity index (χ4n) is 1.21. The molecule has 0 aliphatic rings. The molecular formula is C10H24BrP. The first-order valence-corrected chi connectivity index (χ1v) is 6.54. The lowest BCUT2D eigenvalue weighted by atomic mass is 10.1. The minimum Gasteiger partial charge on any atom is -0.122 e. The molecule has 0 rings (SSSR count). The third-order valence-electron chi connectivity index (χ3n) is 1.96. The second-order valence-corrected chi connectivity index (χ2v) is 4.83. The average Bonchev–Trinajstić information content (AvgIpc) is 2.03. The Morgan fingerprint density at radius 2 is 1.42 bits per heavy atom. The summed E-state index contributed by atoms with van der Waals surface area (Å²) in [5.41, 5.74) is 0. The largest absolute Gasteiger partial charge is 0.122 e. The first-order valence-electron chi connectivity index (χ1n) is 5.12. The zero-order valence-corrected chi connectivity index (χ0v) is 11.3. The SMILES string of the molecule is Br.CCCCCCCCPCC. The lowest BCUT2D eigenvalue weighted by Gasteiger charge is -1.99. The summed E-state index contributed by atoms with van der Waals surface area (Å²) >= 11 is 0. The van der Waals surface area contributed by atoms with Gasteiger partial charge >= 0.3 is 0 Å². The van der Waals surface area contributed by atoms with Gasteiger partial charge in [-0.2, -0.15) is 0 Å². The van der Waals surface area contributed by atoms with Crippen LogP contribution in [-0.4, -0.2) is 12.3 Å². The Hall–Kier alpha value is 0.910. The Morgan fingerprint density at radius 1 is 0.833 bits per heavy atom. The molecule has 0 aromatic rings. The highest BCUT2D eigenvalue weighted by atomic mass is 79.9. The minimum absolute atomic E-state index is 0. The molecule has 2 heteroatoms. The molecule has 0 fully saturated rings. The van der Waals surface area contributed by atoms with Crippen LogP contribution >= 0.6 is 25.6 Å². The topological polar surface area (TPSA) is 0 Å². The maximum absolute atomic E-state index is 2.29. The van der Waals surface area contributed by atoms with Crippen LogP contribution in [0.4, 0.5) is 0 Å². The van der Waals surface area contributed by atoms with E-state index in [4.69, 9.17) is 0 Å². The van der Waals surface area contributed by atoms with Gasteiger partial charge in [0.05, 0.1) is 0 Å². The third kappa shape index (κ3) is 13.5. The van der Waals surface area contributed by atoms with Crippen molar-refractivity contribution < 1.29 is 0 Å². The van der Waals surface area contributed by atoms with Gasteiger partial charge < -0.3 is 0 Å². The average molecular weight is 255 g/mol. The van der Waals surface area contributed by atoms with Crippen LogP contribution in [0.5, 0.6) is 0 Å². The Balaban J connectivity index is 0. The van der Waals surface area contributed by atoms with Crippen molar-refractivity contribution in [2.24, 2.45) is 0 Å². The Labute approximate surface area is 90.5 Å². The minimum atomic E-state index is 0. The zero-order valence-electron chi connectivity index (χ0n) is 8.57. The molecule has 1 atom stereocenters. The van der Waals surface area contributed by atoms with E-state index >= 15 is 0 Å². The molecule has 0 heterocycles. The van der Waals surface area contributed by atoms with E-state index in [1.54, 1.807) is 0 Å². The van der Waals surface area contributed by atoms with Crippen LogP contribution in [0.3, 0.4) is 0 Å². The van der Waals surface area contributed by atoms with Crippen molar-refractivity contribution >= 4 is 25.6 Å². The summed E-state index contributed by atoms with van der Waals surface area (Å²) in [4.78, 5) is 0. The summed E-state index contributed by atoms with van der Waals surface area (Å²) in [5, 5.41) is 0. The molecule has 0 radical (unpaired) electrons. The molecule has 0 N–H and O–H groups in total. The van der Waals surface area contributed by atoms with Crippen molar-refractivity contribution in [3.63, 3.8) is 0 Å². The Morgan fingerprint density at radius 3 is 2.00 bits per heavy atom. The van der Waals surface area contributed by atoms with E-state index in [0.717, 1.165) is 0 Å². The predicted molar refractivity (Wildman–Crippen MR) is 67.4 cm³/mol. The van der Waals surface area contributed by atoms with Crippen molar-refractivity contribution in [3.8, 4) is 0 Å². The molecule has 0 saturated heterocycles. The van der Waals surface area contributed by atoms with E-state index in [1.807, 2.05) is 0 Å². The molecule has 0 nitrogen and oxygen atoms in total. The van der Waals surface area contributed by atoms with Gasteiger partial charge in [0.2, 0.25) is 0 Å². The van der Waals surface area contributed by atoms with E-state index < -0.39 is 0 Å². The lowest BCUT2D eigenvalue weighted by Crippen LogP contribution is -1.80. The number of hydrogen-bond acceptors (Lipinski definition) is 0. The van der Waals surface area contributed by atoms with Crippen LogP contribution in [0.15, 0.2) is 0 Å². The molecule has 76 valence electrons. The fraction of sp³-hybridized carbons (Fsp3) is 1.00. The second-order valence-electron chi connectivity index (χ2n) is 3.12. The van der Waals surface area contributed by atoms with Gasteiger partial charge in [0, 0.05) is 0 Å². The number of hydrogen-bond donors (Lipinski definition) is 0. The fourth-order valence-corrected chi connectivity index (χ4v) is 2.06. The number of unbranched alkanes of at least 4 members (excludes halogenated alkanes) is 5. The van der Waals surface area contributed by atoms with E-state index in [0.29, 0.717) is 0 Å². The van der Waals surface area contributed by atoms with Crippen LogP contribution in [-0.2, 0) is 0 Å². The maximum atomic E-state index is 2.29. The molecule has 0 aliphatic heterocycles. The molecule has 0 saturated carbocycles. The molecule has 12 heavy (non-hydrogen) atoms. The molecule has 0 aromatic heterocycles. The maximum Gasteiger partial charge on any atom is -0.0354 e. The van der Waals surface area contributed by atoms with Gasteiger partial charge in [0.15, 0.2) is 0 Å². The van der Waals surface area contributed by atoms with Gasteiger partial charge in [-0.1, -0.05) is 46.0 Å². The normalized spacial score (nSPS) is 10.5. The molecule has 0 amide bonds. The molecule has 0 aromatic carbocycles. The Kier molecular flexibility index (Phi) is 18.5. The Bertz CT molecular complexity index is 58.9. The van der Waals surface area contributed by atoms with Gasteiger partial charge in [0.1, 0.15) is 0 Å². The third-order valence-corrected chi connectivity index (χ3v) is 3.16. The van der Waals surface area contributed by atoms with Crippen LogP contribution < -0.4 is 0 Å². The van der Waals surface area contributed by atoms with Gasteiger partial charge in [-0.05, 0) is 18.7 Å². The van der Waals surface area contributed by atoms with Crippen molar-refractivity contribution in [2.75, 3.05) is 12.3 Å².